The van der Waals surface area contributed by atoms with Crippen molar-refractivity contribution >= 4 is 5.69 Å². The van der Waals surface area contributed by atoms with Gasteiger partial charge in [-0.3, -0.25) is 0 Å². The second-order valence-corrected chi connectivity index (χ2v) is 4.65. The lowest BCUT2D eigenvalue weighted by atomic mass is 10.0. The summed E-state index contributed by atoms with van der Waals surface area (Å²) in [4.78, 5) is 0. The normalized spacial score (nSPS) is 12.5. The van der Waals surface area contributed by atoms with E-state index in [1.54, 1.807) is 37.3 Å². The molecule has 0 aliphatic rings. The first-order valence-electron chi connectivity index (χ1n) is 6.34. The van der Waals surface area contributed by atoms with Gasteiger partial charge in [0.15, 0.2) is 0 Å². The Labute approximate surface area is 120 Å². The van der Waals surface area contributed by atoms with E-state index in [4.69, 9.17) is 5.26 Å². The largest absolute Gasteiger partial charge is 0.418 e. The van der Waals surface area contributed by atoms with E-state index in [9.17, 15) is 13.2 Å². The van der Waals surface area contributed by atoms with Crippen LogP contribution in [-0.2, 0) is 6.18 Å². The highest BCUT2D eigenvalue weighted by molar-refractivity contribution is 5.54. The first kappa shape index (κ1) is 14.9. The van der Waals surface area contributed by atoms with Gasteiger partial charge in [-0.15, -0.1) is 0 Å². The van der Waals surface area contributed by atoms with Gasteiger partial charge < -0.3 is 5.32 Å². The van der Waals surface area contributed by atoms with Crippen LogP contribution in [0.1, 0.15) is 29.7 Å². The summed E-state index contributed by atoms with van der Waals surface area (Å²) < 4.78 is 38.8. The molecule has 0 aliphatic heterocycles. The SMILES string of the molecule is CC(Nc1ccccc1C(F)(F)F)c1cccc(C#N)c1. The number of nitriles is 1. The summed E-state index contributed by atoms with van der Waals surface area (Å²) in [5.41, 5.74) is 0.560. The zero-order valence-corrected chi connectivity index (χ0v) is 11.3. The molecule has 2 rings (SSSR count). The number of nitrogens with one attached hydrogen (secondary N) is 1. The third kappa shape index (κ3) is 3.54. The zero-order valence-electron chi connectivity index (χ0n) is 11.3. The molecule has 2 aromatic carbocycles. The Morgan fingerprint density at radius 1 is 1.10 bits per heavy atom. The van der Waals surface area contributed by atoms with E-state index >= 15 is 0 Å². The minimum atomic E-state index is -4.40. The maximum atomic E-state index is 12.9. The number of alkyl halides is 3. The van der Waals surface area contributed by atoms with Crippen LogP contribution < -0.4 is 5.32 Å². The molecule has 108 valence electrons. The predicted octanol–water partition coefficient (Wildman–Crippen LogP) is 4.75. The summed E-state index contributed by atoms with van der Waals surface area (Å²) in [5.74, 6) is 0. The second-order valence-electron chi connectivity index (χ2n) is 4.65. The van der Waals surface area contributed by atoms with Gasteiger partial charge in [0.25, 0.3) is 0 Å². The van der Waals surface area contributed by atoms with Crippen LogP contribution in [0.5, 0.6) is 0 Å². The van der Waals surface area contributed by atoms with Crippen LogP contribution in [0.3, 0.4) is 0 Å². The van der Waals surface area contributed by atoms with Gasteiger partial charge in [0.05, 0.1) is 17.2 Å². The summed E-state index contributed by atoms with van der Waals surface area (Å²) in [6.45, 7) is 1.75. The molecular formula is C16H13F3N2. The summed E-state index contributed by atoms with van der Waals surface area (Å²) in [6, 6.07) is 13.8. The Kier molecular flexibility index (Phi) is 4.18. The van der Waals surface area contributed by atoms with E-state index in [-0.39, 0.29) is 11.7 Å². The van der Waals surface area contributed by atoms with Crippen LogP contribution in [0.15, 0.2) is 48.5 Å². The van der Waals surface area contributed by atoms with Gasteiger partial charge in [-0.2, -0.15) is 18.4 Å². The van der Waals surface area contributed by atoms with Gasteiger partial charge in [-0.1, -0.05) is 24.3 Å². The Morgan fingerprint density at radius 2 is 1.81 bits per heavy atom. The fourth-order valence-electron chi connectivity index (χ4n) is 2.05. The van der Waals surface area contributed by atoms with E-state index < -0.39 is 11.7 Å². The number of nitrogens with zero attached hydrogens (tertiary/aromatic N) is 1. The lowest BCUT2D eigenvalue weighted by molar-refractivity contribution is -0.137. The number of rotatable bonds is 3. The molecule has 2 nitrogen and oxygen atoms in total. The standard InChI is InChI=1S/C16H13F3N2/c1-11(13-6-4-5-12(9-13)10-20)21-15-8-3-2-7-14(15)16(17,18)19/h2-9,11,21H,1H3. The van der Waals surface area contributed by atoms with E-state index in [1.807, 2.05) is 6.07 Å². The van der Waals surface area contributed by atoms with Crippen molar-refractivity contribution in [3.05, 3.63) is 65.2 Å². The lowest BCUT2D eigenvalue weighted by Crippen LogP contribution is -2.13. The molecule has 0 saturated carbocycles. The van der Waals surface area contributed by atoms with Gasteiger partial charge >= 0.3 is 6.18 Å². The van der Waals surface area contributed by atoms with Crippen molar-refractivity contribution in [2.45, 2.75) is 19.1 Å². The van der Waals surface area contributed by atoms with Crippen LogP contribution >= 0.6 is 0 Å². The molecule has 0 amide bonds. The molecule has 1 unspecified atom stereocenters. The Morgan fingerprint density at radius 3 is 2.48 bits per heavy atom. The Balaban J connectivity index is 2.28. The van der Waals surface area contributed by atoms with Crippen LogP contribution in [0.2, 0.25) is 0 Å². The molecular weight excluding hydrogens is 277 g/mol. The first-order valence-corrected chi connectivity index (χ1v) is 6.34. The van der Waals surface area contributed by atoms with Gasteiger partial charge in [-0.05, 0) is 36.8 Å². The summed E-state index contributed by atoms with van der Waals surface area (Å²) >= 11 is 0. The molecule has 0 saturated heterocycles. The van der Waals surface area contributed by atoms with Crippen molar-refractivity contribution in [1.29, 1.82) is 5.26 Å². The Hall–Kier alpha value is -2.48. The fraction of sp³-hybridized carbons (Fsp3) is 0.188. The second kappa shape index (κ2) is 5.88. The molecule has 0 radical (unpaired) electrons. The van der Waals surface area contributed by atoms with Gasteiger partial charge in [0.2, 0.25) is 0 Å². The summed E-state index contributed by atoms with van der Waals surface area (Å²) in [7, 11) is 0. The average molecular weight is 290 g/mol. The van der Waals surface area contributed by atoms with Gasteiger partial charge in [-0.25, -0.2) is 0 Å². The topological polar surface area (TPSA) is 35.8 Å². The van der Waals surface area contributed by atoms with Crippen LogP contribution in [0, 0.1) is 11.3 Å². The predicted molar refractivity (Wildman–Crippen MR) is 74.6 cm³/mol. The van der Waals surface area contributed by atoms with E-state index in [0.717, 1.165) is 11.6 Å². The third-order valence-corrected chi connectivity index (χ3v) is 3.12. The number of anilines is 1. The number of para-hydroxylation sites is 1. The molecule has 1 atom stereocenters. The molecule has 0 spiro atoms. The van der Waals surface area contributed by atoms with Gasteiger partial charge in [0.1, 0.15) is 0 Å². The van der Waals surface area contributed by atoms with Crippen molar-refractivity contribution in [2.75, 3.05) is 5.32 Å². The van der Waals surface area contributed by atoms with E-state index in [1.165, 1.54) is 12.1 Å². The van der Waals surface area contributed by atoms with Crippen molar-refractivity contribution in [3.8, 4) is 6.07 Å². The number of benzene rings is 2. The molecule has 1 N–H and O–H groups in total. The van der Waals surface area contributed by atoms with E-state index in [0.29, 0.717) is 5.56 Å². The molecule has 0 heterocycles. The zero-order chi connectivity index (χ0) is 15.5. The van der Waals surface area contributed by atoms with Crippen LogP contribution in [-0.4, -0.2) is 0 Å². The lowest BCUT2D eigenvalue weighted by Gasteiger charge is -2.19. The molecule has 5 heteroatoms. The minimum absolute atomic E-state index is 0.0276. The average Bonchev–Trinajstić information content (AvgIpc) is 2.46. The molecule has 0 aliphatic carbocycles. The third-order valence-electron chi connectivity index (χ3n) is 3.12. The summed E-state index contributed by atoms with van der Waals surface area (Å²) in [6.07, 6.45) is -4.40. The van der Waals surface area contributed by atoms with Crippen LogP contribution in [0.4, 0.5) is 18.9 Å². The van der Waals surface area contributed by atoms with E-state index in [2.05, 4.69) is 5.32 Å². The molecule has 0 bridgehead atoms. The van der Waals surface area contributed by atoms with Crippen molar-refractivity contribution in [3.63, 3.8) is 0 Å². The molecule has 0 aromatic heterocycles. The molecule has 2 aromatic rings. The van der Waals surface area contributed by atoms with Crippen molar-refractivity contribution in [1.82, 2.24) is 0 Å². The van der Waals surface area contributed by atoms with Crippen LogP contribution in [0.25, 0.3) is 0 Å². The molecule has 21 heavy (non-hydrogen) atoms. The highest BCUT2D eigenvalue weighted by Crippen LogP contribution is 2.35. The Bertz CT molecular complexity index is 672. The number of hydrogen-bond donors (Lipinski definition) is 1. The minimum Gasteiger partial charge on any atom is -0.378 e. The number of hydrogen-bond acceptors (Lipinski definition) is 2. The smallest absolute Gasteiger partial charge is 0.378 e. The maximum Gasteiger partial charge on any atom is 0.418 e. The quantitative estimate of drug-likeness (QED) is 0.885. The fourth-order valence-corrected chi connectivity index (χ4v) is 2.05. The highest BCUT2D eigenvalue weighted by atomic mass is 19.4. The first-order chi connectivity index (χ1) is 9.91. The maximum absolute atomic E-state index is 12.9. The number of halogens is 3. The van der Waals surface area contributed by atoms with Crippen molar-refractivity contribution in [2.24, 2.45) is 0 Å². The van der Waals surface area contributed by atoms with Crippen molar-refractivity contribution < 1.29 is 13.2 Å². The molecule has 0 fully saturated rings. The van der Waals surface area contributed by atoms with Gasteiger partial charge in [0, 0.05) is 11.7 Å². The summed E-state index contributed by atoms with van der Waals surface area (Å²) in [5, 5.41) is 11.7. The monoisotopic (exact) mass is 290 g/mol. The highest BCUT2D eigenvalue weighted by Gasteiger charge is 2.33.